The van der Waals surface area contributed by atoms with Gasteiger partial charge in [-0.1, -0.05) is 59.6 Å². The first-order chi connectivity index (χ1) is 27.7. The smallest absolute Gasteiger partial charge is 0.321 e. The van der Waals surface area contributed by atoms with Gasteiger partial charge in [-0.25, -0.2) is 0 Å². The Morgan fingerprint density at radius 3 is 1.38 bits per heavy atom. The number of aliphatic hydroxyl groups excluding tert-OH is 2. The van der Waals surface area contributed by atoms with Crippen LogP contribution in [-0.4, -0.2) is 111 Å². The van der Waals surface area contributed by atoms with E-state index in [1.807, 2.05) is 75.0 Å². The molecule has 4 aromatic heterocycles. The third kappa shape index (κ3) is 7.14. The summed E-state index contributed by atoms with van der Waals surface area (Å²) in [5.74, 6) is -1.99. The molecule has 2 aliphatic rings. The van der Waals surface area contributed by atoms with Crippen LogP contribution in [0.4, 0.5) is 0 Å². The second-order valence-corrected chi connectivity index (χ2v) is 16.1. The lowest BCUT2D eigenvalue weighted by atomic mass is 9.97. The normalized spacial score (nSPS) is 20.2. The molecule has 2 aliphatic heterocycles. The molecule has 8 rings (SSSR count). The van der Waals surface area contributed by atoms with Crippen molar-refractivity contribution in [3.05, 3.63) is 115 Å². The van der Waals surface area contributed by atoms with Crippen molar-refractivity contribution in [3.63, 3.8) is 0 Å². The number of β-amino-alcohol motifs (C(OH)–C–C–N with tert-alkyl or cyclic N) is 2. The van der Waals surface area contributed by atoms with Crippen LogP contribution in [-0.2, 0) is 22.7 Å². The predicted molar refractivity (Wildman–Crippen MR) is 220 cm³/mol. The van der Waals surface area contributed by atoms with Crippen molar-refractivity contribution in [1.82, 2.24) is 27.7 Å². The number of aliphatic carboxylic acids is 2. The number of fused-ring (bicyclic) bond motifs is 2. The first-order valence-corrected chi connectivity index (χ1v) is 19.8. The van der Waals surface area contributed by atoms with Crippen LogP contribution in [0.15, 0.2) is 82.9 Å². The lowest BCUT2D eigenvalue weighted by Gasteiger charge is -2.21. The first kappa shape index (κ1) is 39.6. The Balaban J connectivity index is 1.07. The summed E-state index contributed by atoms with van der Waals surface area (Å²) in [6.45, 7) is 5.23. The van der Waals surface area contributed by atoms with Crippen molar-refractivity contribution < 1.29 is 30.0 Å². The highest BCUT2D eigenvalue weighted by atomic mass is 35.5. The second kappa shape index (κ2) is 15.5. The minimum atomic E-state index is -0.994. The minimum Gasteiger partial charge on any atom is -0.480 e. The number of nitrogens with zero attached hydrogens (tertiary/aromatic N) is 6. The monoisotopic (exact) mass is 828 g/mol. The van der Waals surface area contributed by atoms with Crippen LogP contribution in [0.1, 0.15) is 24.2 Å². The fraction of sp³-hybridized carbons (Fsp3) is 0.333. The van der Waals surface area contributed by atoms with Gasteiger partial charge in [0.25, 0.3) is 11.1 Å². The molecular formula is C42H42Cl2N6O8. The van der Waals surface area contributed by atoms with E-state index in [-0.39, 0.29) is 50.1 Å². The van der Waals surface area contributed by atoms with Gasteiger partial charge in [0.15, 0.2) is 0 Å². The number of carbonyl (C=O) groups is 2. The SMILES string of the molecule is Cc1cn2cc(-c3cccc(-c4cccc(-c5cc6c(=O)n(CCN7C[C@@H](O)C[C@H]7C(=O)O)c(C)cn6c5)c4Cl)c3Cl)cc2c(=O)n1CCN1C[C@@H](O)C[C@H]1C(=O)O. The number of aryl methyl sites for hydroxylation is 2. The average Bonchev–Trinajstić information content (AvgIpc) is 3.97. The molecule has 0 saturated carbocycles. The maximum absolute atomic E-state index is 13.8. The van der Waals surface area contributed by atoms with Gasteiger partial charge in [-0.2, -0.15) is 0 Å². The Morgan fingerprint density at radius 1 is 0.621 bits per heavy atom. The summed E-state index contributed by atoms with van der Waals surface area (Å²) in [5.41, 5.74) is 5.91. The number of halogens is 2. The number of likely N-dealkylation sites (tertiary alicyclic amines) is 2. The van der Waals surface area contributed by atoms with Crippen LogP contribution < -0.4 is 11.1 Å². The molecule has 4 atom stereocenters. The van der Waals surface area contributed by atoms with Crippen molar-refractivity contribution in [2.75, 3.05) is 26.2 Å². The predicted octanol–water partition coefficient (Wildman–Crippen LogP) is 4.48. The topological polar surface area (TPSA) is 174 Å². The molecule has 0 aliphatic carbocycles. The van der Waals surface area contributed by atoms with Crippen molar-refractivity contribution in [2.24, 2.45) is 0 Å². The van der Waals surface area contributed by atoms with Crippen molar-refractivity contribution in [1.29, 1.82) is 0 Å². The van der Waals surface area contributed by atoms with Gasteiger partial charge in [-0.05, 0) is 26.0 Å². The molecule has 58 heavy (non-hydrogen) atoms. The van der Waals surface area contributed by atoms with E-state index in [4.69, 9.17) is 23.2 Å². The summed E-state index contributed by atoms with van der Waals surface area (Å²) in [6.07, 6.45) is 6.23. The largest absolute Gasteiger partial charge is 0.480 e. The summed E-state index contributed by atoms with van der Waals surface area (Å²) in [6, 6.07) is 13.2. The van der Waals surface area contributed by atoms with Crippen LogP contribution in [0.3, 0.4) is 0 Å². The average molecular weight is 830 g/mol. The van der Waals surface area contributed by atoms with Gasteiger partial charge >= 0.3 is 11.9 Å². The number of aromatic nitrogens is 4. The zero-order valence-corrected chi connectivity index (χ0v) is 33.3. The second-order valence-electron chi connectivity index (χ2n) is 15.3. The van der Waals surface area contributed by atoms with E-state index in [2.05, 4.69) is 0 Å². The van der Waals surface area contributed by atoms with Gasteiger partial charge in [0, 0.05) is 122 Å². The number of carboxylic acid groups (broad SMARTS) is 2. The summed E-state index contributed by atoms with van der Waals surface area (Å²) in [4.78, 5) is 54.4. The molecule has 16 heteroatoms. The van der Waals surface area contributed by atoms with E-state index in [0.29, 0.717) is 78.9 Å². The standard InChI is InChI=1S/C42H42Cl2N6O8/c1-23-17-47-19-25(13-33(47)39(53)49(23)11-9-45-21-27(51)15-35(45)41(55)56)29-5-3-7-31(37(29)43)32-8-4-6-30(38(32)44)26-14-34-40(54)50(24(2)18-48(34)20-26)12-10-46-22-28(52)16-36(46)42(57)58/h3-8,13-14,17-20,27-28,35-36,51-52H,9-12,15-16,21-22H2,1-2H3,(H,55,56)(H,57,58)/t27-,28-,35-,36-/m0/s1. The molecule has 0 radical (unpaired) electrons. The van der Waals surface area contributed by atoms with Crippen LogP contribution in [0.25, 0.3) is 44.4 Å². The molecule has 0 unspecified atom stereocenters. The number of hydrogen-bond acceptors (Lipinski definition) is 8. The van der Waals surface area contributed by atoms with Crippen LogP contribution in [0.5, 0.6) is 0 Å². The summed E-state index contributed by atoms with van der Waals surface area (Å²) < 4.78 is 6.75. The van der Waals surface area contributed by atoms with E-state index in [1.165, 1.54) is 0 Å². The fourth-order valence-electron chi connectivity index (χ4n) is 8.65. The molecule has 0 spiro atoms. The molecule has 4 N–H and O–H groups in total. The van der Waals surface area contributed by atoms with E-state index in [0.717, 1.165) is 0 Å². The van der Waals surface area contributed by atoms with Crippen molar-refractivity contribution in [3.8, 4) is 33.4 Å². The number of aliphatic hydroxyl groups is 2. The Kier molecular flexibility index (Phi) is 10.6. The Morgan fingerprint density at radius 2 is 1.00 bits per heavy atom. The van der Waals surface area contributed by atoms with Gasteiger partial charge in [0.1, 0.15) is 23.1 Å². The van der Waals surface area contributed by atoms with E-state index >= 15 is 0 Å². The van der Waals surface area contributed by atoms with Crippen molar-refractivity contribution >= 4 is 46.2 Å². The molecule has 14 nitrogen and oxygen atoms in total. The lowest BCUT2D eigenvalue weighted by molar-refractivity contribution is -0.143. The van der Waals surface area contributed by atoms with Gasteiger partial charge in [0.05, 0.1) is 22.3 Å². The van der Waals surface area contributed by atoms with E-state index in [9.17, 15) is 39.6 Å². The summed E-state index contributed by atoms with van der Waals surface area (Å²) >= 11 is 14.3. The van der Waals surface area contributed by atoms with Gasteiger partial charge in [0.2, 0.25) is 0 Å². The molecule has 302 valence electrons. The van der Waals surface area contributed by atoms with E-state index in [1.54, 1.807) is 39.9 Å². The summed E-state index contributed by atoms with van der Waals surface area (Å²) in [5, 5.41) is 40.2. The van der Waals surface area contributed by atoms with Crippen LogP contribution in [0.2, 0.25) is 10.0 Å². The zero-order chi connectivity index (χ0) is 41.2. The quantitative estimate of drug-likeness (QED) is 0.146. The molecular weight excluding hydrogens is 787 g/mol. The Hall–Kier alpha value is -5.22. The van der Waals surface area contributed by atoms with Gasteiger partial charge in [-0.3, -0.25) is 29.0 Å². The van der Waals surface area contributed by atoms with E-state index < -0.39 is 36.2 Å². The Bertz CT molecular complexity index is 2550. The maximum atomic E-state index is 13.8. The Labute approximate surface area is 341 Å². The van der Waals surface area contributed by atoms with Gasteiger partial charge < -0.3 is 38.4 Å². The molecule has 2 fully saturated rings. The number of rotatable bonds is 11. The molecule has 6 heterocycles. The van der Waals surface area contributed by atoms with Crippen LogP contribution in [0, 0.1) is 13.8 Å². The van der Waals surface area contributed by atoms with Crippen molar-refractivity contribution in [2.45, 2.75) is 64.1 Å². The lowest BCUT2D eigenvalue weighted by Crippen LogP contribution is -2.39. The summed E-state index contributed by atoms with van der Waals surface area (Å²) in [7, 11) is 0. The number of carboxylic acids is 2. The molecule has 0 bridgehead atoms. The number of benzene rings is 2. The maximum Gasteiger partial charge on any atom is 0.321 e. The highest BCUT2D eigenvalue weighted by Gasteiger charge is 2.37. The van der Waals surface area contributed by atoms with Gasteiger partial charge in [-0.15, -0.1) is 0 Å². The third-order valence-corrected chi connectivity index (χ3v) is 12.4. The van der Waals surface area contributed by atoms with Crippen LogP contribution >= 0.6 is 23.2 Å². The molecule has 0 amide bonds. The third-order valence-electron chi connectivity index (χ3n) is 11.6. The minimum absolute atomic E-state index is 0.151. The molecule has 2 saturated heterocycles. The molecule has 6 aromatic rings. The molecule has 2 aromatic carbocycles. The highest BCUT2D eigenvalue weighted by molar-refractivity contribution is 6.39. The zero-order valence-electron chi connectivity index (χ0n) is 31.8. The highest BCUT2D eigenvalue weighted by Crippen LogP contribution is 2.43. The fourth-order valence-corrected chi connectivity index (χ4v) is 9.33. The first-order valence-electron chi connectivity index (χ1n) is 19.0. The number of hydrogen-bond donors (Lipinski definition) is 4.